The van der Waals surface area contributed by atoms with Gasteiger partial charge >= 0.3 is 6.09 Å². The third-order valence-electron chi connectivity index (χ3n) is 1.25. The van der Waals surface area contributed by atoms with Crippen molar-refractivity contribution in [3.05, 3.63) is 0 Å². The quantitative estimate of drug-likeness (QED) is 0.467. The van der Waals surface area contributed by atoms with Crippen LogP contribution in [0.4, 0.5) is 4.79 Å². The van der Waals surface area contributed by atoms with Crippen molar-refractivity contribution < 1.29 is 14.3 Å². The molecule has 1 fully saturated rings. The van der Waals surface area contributed by atoms with Crippen molar-refractivity contribution in [1.29, 1.82) is 0 Å². The Labute approximate surface area is 52.4 Å². The SMILES string of the molecule is CC1COC(=O)N1C=O. The van der Waals surface area contributed by atoms with E-state index in [4.69, 9.17) is 0 Å². The summed E-state index contributed by atoms with van der Waals surface area (Å²) < 4.78 is 4.52. The maximum atomic E-state index is 10.5. The molecule has 0 saturated carbocycles. The molecule has 0 aromatic heterocycles. The van der Waals surface area contributed by atoms with Gasteiger partial charge in [0.25, 0.3) is 0 Å². The highest BCUT2D eigenvalue weighted by Gasteiger charge is 2.28. The average Bonchev–Trinajstić information content (AvgIpc) is 2.12. The molecule has 1 aliphatic rings. The number of amides is 2. The van der Waals surface area contributed by atoms with Crippen LogP contribution in [-0.4, -0.2) is 30.1 Å². The van der Waals surface area contributed by atoms with Gasteiger partial charge in [0.15, 0.2) is 0 Å². The molecule has 1 heterocycles. The van der Waals surface area contributed by atoms with Crippen LogP contribution in [0.15, 0.2) is 0 Å². The van der Waals surface area contributed by atoms with Crippen LogP contribution in [-0.2, 0) is 9.53 Å². The van der Waals surface area contributed by atoms with Crippen LogP contribution >= 0.6 is 0 Å². The fourth-order valence-corrected chi connectivity index (χ4v) is 0.674. The Morgan fingerprint density at radius 2 is 2.56 bits per heavy atom. The van der Waals surface area contributed by atoms with Crippen LogP contribution in [0.2, 0.25) is 0 Å². The van der Waals surface area contributed by atoms with E-state index in [9.17, 15) is 9.59 Å². The lowest BCUT2D eigenvalue weighted by molar-refractivity contribution is -0.116. The summed E-state index contributed by atoms with van der Waals surface area (Å²) in [7, 11) is 0. The van der Waals surface area contributed by atoms with Crippen LogP contribution in [0.5, 0.6) is 0 Å². The molecule has 50 valence electrons. The van der Waals surface area contributed by atoms with Crippen molar-refractivity contribution in [2.45, 2.75) is 13.0 Å². The number of cyclic esters (lactones) is 1. The summed E-state index contributed by atoms with van der Waals surface area (Å²) >= 11 is 0. The first-order valence-electron chi connectivity index (χ1n) is 2.66. The number of imide groups is 1. The first-order valence-corrected chi connectivity index (χ1v) is 2.66. The van der Waals surface area contributed by atoms with Crippen molar-refractivity contribution in [1.82, 2.24) is 4.90 Å². The molecule has 1 rings (SSSR count). The number of carbonyl (C=O) groups excluding carboxylic acids is 2. The number of hydrogen-bond acceptors (Lipinski definition) is 3. The Balaban J connectivity index is 2.65. The molecule has 9 heavy (non-hydrogen) atoms. The number of hydrogen-bond donors (Lipinski definition) is 0. The highest BCUT2D eigenvalue weighted by atomic mass is 16.6. The van der Waals surface area contributed by atoms with E-state index in [0.717, 1.165) is 4.90 Å². The van der Waals surface area contributed by atoms with E-state index in [1.807, 2.05) is 0 Å². The normalized spacial score (nSPS) is 26.1. The highest BCUT2D eigenvalue weighted by molar-refractivity contribution is 5.82. The van der Waals surface area contributed by atoms with E-state index in [1.165, 1.54) is 0 Å². The van der Waals surface area contributed by atoms with Crippen LogP contribution in [0, 0.1) is 0 Å². The van der Waals surface area contributed by atoms with Crippen LogP contribution in [0.1, 0.15) is 6.92 Å². The second-order valence-electron chi connectivity index (χ2n) is 1.94. The van der Waals surface area contributed by atoms with Crippen LogP contribution in [0.25, 0.3) is 0 Å². The van der Waals surface area contributed by atoms with E-state index in [-0.39, 0.29) is 6.04 Å². The molecule has 1 aliphatic heterocycles. The second kappa shape index (κ2) is 2.05. The van der Waals surface area contributed by atoms with Gasteiger partial charge in [0.2, 0.25) is 6.41 Å². The third kappa shape index (κ3) is 0.872. The first kappa shape index (κ1) is 6.07. The largest absolute Gasteiger partial charge is 0.447 e. The van der Waals surface area contributed by atoms with E-state index >= 15 is 0 Å². The minimum atomic E-state index is -0.544. The molecule has 0 aromatic rings. The van der Waals surface area contributed by atoms with Crippen molar-refractivity contribution in [3.8, 4) is 0 Å². The smallest absolute Gasteiger partial charge is 0.416 e. The van der Waals surface area contributed by atoms with Crippen molar-refractivity contribution in [3.63, 3.8) is 0 Å². The van der Waals surface area contributed by atoms with Gasteiger partial charge in [0, 0.05) is 0 Å². The van der Waals surface area contributed by atoms with Gasteiger partial charge in [-0.1, -0.05) is 0 Å². The summed E-state index contributed by atoms with van der Waals surface area (Å²) in [4.78, 5) is 21.6. The van der Waals surface area contributed by atoms with Gasteiger partial charge in [-0.15, -0.1) is 0 Å². The number of nitrogens with zero attached hydrogens (tertiary/aromatic N) is 1. The van der Waals surface area contributed by atoms with E-state index in [1.54, 1.807) is 6.92 Å². The lowest BCUT2D eigenvalue weighted by Gasteiger charge is -2.06. The monoisotopic (exact) mass is 129 g/mol. The summed E-state index contributed by atoms with van der Waals surface area (Å²) in [6.07, 6.45) is -0.0579. The van der Waals surface area contributed by atoms with E-state index < -0.39 is 6.09 Å². The molecular formula is C5H7NO3. The molecule has 2 amide bonds. The van der Waals surface area contributed by atoms with Gasteiger partial charge in [-0.2, -0.15) is 0 Å². The molecule has 0 radical (unpaired) electrons. The molecule has 0 aliphatic carbocycles. The molecule has 1 unspecified atom stereocenters. The summed E-state index contributed by atoms with van der Waals surface area (Å²) in [6.45, 7) is 2.07. The van der Waals surface area contributed by atoms with Gasteiger partial charge in [-0.3, -0.25) is 4.79 Å². The zero-order chi connectivity index (χ0) is 6.85. The summed E-state index contributed by atoms with van der Waals surface area (Å²) in [6, 6.07) is -0.102. The standard InChI is InChI=1S/C5H7NO3/c1-4-2-9-5(8)6(4)3-7/h3-4H,2H2,1H3. The molecule has 1 atom stereocenters. The maximum absolute atomic E-state index is 10.5. The zero-order valence-corrected chi connectivity index (χ0v) is 5.03. The minimum absolute atomic E-state index is 0.102. The predicted molar refractivity (Wildman–Crippen MR) is 28.7 cm³/mol. The minimum Gasteiger partial charge on any atom is -0.447 e. The fourth-order valence-electron chi connectivity index (χ4n) is 0.674. The number of carbonyl (C=O) groups is 2. The molecule has 0 bridgehead atoms. The van der Waals surface area contributed by atoms with Gasteiger partial charge in [0.05, 0.1) is 6.04 Å². The fraction of sp³-hybridized carbons (Fsp3) is 0.600. The Morgan fingerprint density at radius 1 is 1.89 bits per heavy atom. The molecule has 0 N–H and O–H groups in total. The highest BCUT2D eigenvalue weighted by Crippen LogP contribution is 2.07. The lowest BCUT2D eigenvalue weighted by atomic mass is 10.4. The van der Waals surface area contributed by atoms with Crippen LogP contribution < -0.4 is 0 Å². The number of rotatable bonds is 1. The molecule has 1 saturated heterocycles. The Morgan fingerprint density at radius 3 is 2.78 bits per heavy atom. The zero-order valence-electron chi connectivity index (χ0n) is 5.03. The van der Waals surface area contributed by atoms with E-state index in [2.05, 4.69) is 4.74 Å². The molecule has 0 aromatic carbocycles. The molecule has 4 heteroatoms. The van der Waals surface area contributed by atoms with Gasteiger partial charge in [0.1, 0.15) is 6.61 Å². The topological polar surface area (TPSA) is 46.6 Å². The van der Waals surface area contributed by atoms with Crippen LogP contribution in [0.3, 0.4) is 0 Å². The average molecular weight is 129 g/mol. The lowest BCUT2D eigenvalue weighted by Crippen LogP contribution is -2.29. The van der Waals surface area contributed by atoms with Gasteiger partial charge < -0.3 is 4.74 Å². The Kier molecular flexibility index (Phi) is 1.38. The van der Waals surface area contributed by atoms with Gasteiger partial charge in [-0.25, -0.2) is 9.69 Å². The second-order valence-corrected chi connectivity index (χ2v) is 1.94. The van der Waals surface area contributed by atoms with Crippen molar-refractivity contribution in [2.75, 3.05) is 6.61 Å². The number of ether oxygens (including phenoxy) is 1. The summed E-state index contributed by atoms with van der Waals surface area (Å²) in [5, 5.41) is 0. The van der Waals surface area contributed by atoms with Gasteiger partial charge in [-0.05, 0) is 6.92 Å². The molecule has 4 nitrogen and oxygen atoms in total. The maximum Gasteiger partial charge on any atom is 0.416 e. The summed E-state index contributed by atoms with van der Waals surface area (Å²) in [5.74, 6) is 0. The molecule has 0 spiro atoms. The molecular weight excluding hydrogens is 122 g/mol. The Hall–Kier alpha value is -1.06. The Bertz CT molecular complexity index is 145. The predicted octanol–water partition coefficient (Wildman–Crippen LogP) is -0.0165. The summed E-state index contributed by atoms with van der Waals surface area (Å²) in [5.41, 5.74) is 0. The third-order valence-corrected chi connectivity index (χ3v) is 1.25. The first-order chi connectivity index (χ1) is 4.25. The van der Waals surface area contributed by atoms with E-state index in [0.29, 0.717) is 13.0 Å². The van der Waals surface area contributed by atoms with Crippen molar-refractivity contribution in [2.24, 2.45) is 0 Å². The van der Waals surface area contributed by atoms with Crippen molar-refractivity contribution >= 4 is 12.5 Å².